The quantitative estimate of drug-likeness (QED) is 0.586. The van der Waals surface area contributed by atoms with E-state index in [0.717, 1.165) is 43.2 Å². The van der Waals surface area contributed by atoms with Crippen LogP contribution in [-0.4, -0.2) is 63.3 Å². The third kappa shape index (κ3) is 5.46. The number of esters is 1. The Kier molecular flexibility index (Phi) is 7.59. The van der Waals surface area contributed by atoms with Crippen LogP contribution in [0, 0.1) is 0 Å². The lowest BCUT2D eigenvalue weighted by atomic mass is 9.95. The van der Waals surface area contributed by atoms with Crippen molar-refractivity contribution in [3.63, 3.8) is 0 Å². The van der Waals surface area contributed by atoms with E-state index in [2.05, 4.69) is 32.6 Å². The molecule has 2 amide bonds. The molecule has 1 unspecified atom stereocenters. The monoisotopic (exact) mass is 484 g/mol. The fraction of sp³-hybridized carbons (Fsp3) is 0.360. The number of hydrogen-bond donors (Lipinski definition) is 2. The van der Waals surface area contributed by atoms with Crippen molar-refractivity contribution in [2.45, 2.75) is 13.0 Å². The van der Waals surface area contributed by atoms with Crippen LogP contribution >= 0.6 is 11.6 Å². The highest BCUT2D eigenvalue weighted by molar-refractivity contribution is 6.30. The summed E-state index contributed by atoms with van der Waals surface area (Å²) < 4.78 is 10.6. The van der Waals surface area contributed by atoms with E-state index in [1.807, 2.05) is 18.2 Å². The first-order valence-corrected chi connectivity index (χ1v) is 11.7. The minimum absolute atomic E-state index is 0.242. The Morgan fingerprint density at radius 2 is 1.85 bits per heavy atom. The lowest BCUT2D eigenvalue weighted by Gasteiger charge is -2.38. The molecule has 1 saturated heterocycles. The minimum Gasteiger partial charge on any atom is -0.497 e. The average molecular weight is 485 g/mol. The van der Waals surface area contributed by atoms with Crippen molar-refractivity contribution in [1.29, 1.82) is 0 Å². The van der Waals surface area contributed by atoms with Crippen LogP contribution in [0.15, 0.2) is 59.8 Å². The molecule has 4 rings (SSSR count). The average Bonchev–Trinajstić information content (AvgIpc) is 2.84. The first-order chi connectivity index (χ1) is 16.5. The fourth-order valence-electron chi connectivity index (χ4n) is 4.31. The Hall–Kier alpha value is -3.23. The van der Waals surface area contributed by atoms with E-state index < -0.39 is 12.0 Å². The number of benzene rings is 2. The van der Waals surface area contributed by atoms with Crippen molar-refractivity contribution in [1.82, 2.24) is 15.5 Å². The van der Waals surface area contributed by atoms with Crippen molar-refractivity contribution in [3.05, 3.63) is 70.4 Å². The van der Waals surface area contributed by atoms with Gasteiger partial charge in [0.25, 0.3) is 0 Å². The SMILES string of the molecule is CCOC(=O)C1=C(CN2CCN(c3ccc(OC)cc3)CC2)NC(=O)NC1c1cccc(Cl)c1. The number of carbonyl (C=O) groups excluding carboxylic acids is 2. The Labute approximate surface area is 204 Å². The maximum absolute atomic E-state index is 13.0. The number of urea groups is 1. The molecule has 34 heavy (non-hydrogen) atoms. The first kappa shape index (κ1) is 23.9. The fourth-order valence-corrected chi connectivity index (χ4v) is 4.51. The third-order valence-corrected chi connectivity index (χ3v) is 6.26. The molecular weight excluding hydrogens is 456 g/mol. The standard InChI is InChI=1S/C25H29ClN4O4/c1-3-34-24(31)22-21(27-25(32)28-23(22)17-5-4-6-18(26)15-17)16-29-11-13-30(14-12-29)19-7-9-20(33-2)10-8-19/h4-10,15,23H,3,11-14,16H2,1-2H3,(H2,27,28,32). The molecule has 2 heterocycles. The Balaban J connectivity index is 1.53. The second-order valence-electron chi connectivity index (χ2n) is 8.16. The van der Waals surface area contributed by atoms with Crippen LogP contribution in [-0.2, 0) is 9.53 Å². The zero-order chi connectivity index (χ0) is 24.1. The van der Waals surface area contributed by atoms with Gasteiger partial charge in [0, 0.05) is 49.1 Å². The van der Waals surface area contributed by atoms with Crippen molar-refractivity contribution >= 4 is 29.3 Å². The summed E-state index contributed by atoms with van der Waals surface area (Å²) in [4.78, 5) is 30.0. The van der Waals surface area contributed by atoms with Gasteiger partial charge in [0.2, 0.25) is 0 Å². The molecular formula is C25H29ClN4O4. The molecule has 0 bridgehead atoms. The van der Waals surface area contributed by atoms with Gasteiger partial charge in [0.05, 0.1) is 25.3 Å². The second-order valence-corrected chi connectivity index (χ2v) is 8.60. The van der Waals surface area contributed by atoms with E-state index in [9.17, 15) is 9.59 Å². The zero-order valence-corrected chi connectivity index (χ0v) is 20.1. The molecule has 9 heteroatoms. The molecule has 2 aliphatic heterocycles. The Morgan fingerprint density at radius 1 is 1.12 bits per heavy atom. The summed E-state index contributed by atoms with van der Waals surface area (Å²) >= 11 is 6.18. The molecule has 1 atom stereocenters. The summed E-state index contributed by atoms with van der Waals surface area (Å²) in [6.07, 6.45) is 0. The van der Waals surface area contributed by atoms with Gasteiger partial charge in [-0.3, -0.25) is 4.90 Å². The molecule has 180 valence electrons. The summed E-state index contributed by atoms with van der Waals surface area (Å²) in [5.41, 5.74) is 2.83. The Bertz CT molecular complexity index is 1060. The van der Waals surface area contributed by atoms with Crippen molar-refractivity contribution < 1.29 is 19.1 Å². The van der Waals surface area contributed by atoms with Crippen LogP contribution in [0.3, 0.4) is 0 Å². The predicted molar refractivity (Wildman–Crippen MR) is 131 cm³/mol. The van der Waals surface area contributed by atoms with Gasteiger partial charge < -0.3 is 25.0 Å². The number of carbonyl (C=O) groups is 2. The maximum Gasteiger partial charge on any atom is 0.338 e. The summed E-state index contributed by atoms with van der Waals surface area (Å²) in [6, 6.07) is 14.2. The molecule has 0 spiro atoms. The summed E-state index contributed by atoms with van der Waals surface area (Å²) in [6.45, 7) is 5.69. The second kappa shape index (κ2) is 10.8. The Morgan fingerprint density at radius 3 is 2.50 bits per heavy atom. The van der Waals surface area contributed by atoms with Crippen molar-refractivity contribution in [2.24, 2.45) is 0 Å². The molecule has 8 nitrogen and oxygen atoms in total. The van der Waals surface area contributed by atoms with Crippen molar-refractivity contribution in [3.8, 4) is 5.75 Å². The lowest BCUT2D eigenvalue weighted by Crippen LogP contribution is -2.51. The molecule has 0 saturated carbocycles. The van der Waals surface area contributed by atoms with Crippen LogP contribution in [0.25, 0.3) is 0 Å². The number of amides is 2. The van der Waals surface area contributed by atoms with Crippen LogP contribution in [0.2, 0.25) is 5.02 Å². The highest BCUT2D eigenvalue weighted by atomic mass is 35.5. The lowest BCUT2D eigenvalue weighted by molar-refractivity contribution is -0.139. The van der Waals surface area contributed by atoms with Gasteiger partial charge in [-0.15, -0.1) is 0 Å². The van der Waals surface area contributed by atoms with E-state index in [1.54, 1.807) is 32.2 Å². The van der Waals surface area contributed by atoms with Crippen molar-refractivity contribution in [2.75, 3.05) is 51.3 Å². The van der Waals surface area contributed by atoms with Gasteiger partial charge in [-0.1, -0.05) is 23.7 Å². The molecule has 0 radical (unpaired) electrons. The highest BCUT2D eigenvalue weighted by Gasteiger charge is 2.34. The van der Waals surface area contributed by atoms with Gasteiger partial charge in [-0.25, -0.2) is 9.59 Å². The predicted octanol–water partition coefficient (Wildman–Crippen LogP) is 3.34. The number of nitrogens with one attached hydrogen (secondary N) is 2. The summed E-state index contributed by atoms with van der Waals surface area (Å²) in [5.74, 6) is 0.378. The van der Waals surface area contributed by atoms with E-state index in [-0.39, 0.29) is 12.6 Å². The number of methoxy groups -OCH3 is 1. The normalized spacial score (nSPS) is 18.9. The number of rotatable bonds is 7. The van der Waals surface area contributed by atoms with Crippen LogP contribution in [0.5, 0.6) is 5.75 Å². The van der Waals surface area contributed by atoms with Crippen LogP contribution in [0.1, 0.15) is 18.5 Å². The third-order valence-electron chi connectivity index (χ3n) is 6.02. The number of hydrogen-bond acceptors (Lipinski definition) is 6. The molecule has 1 fully saturated rings. The van der Waals surface area contributed by atoms with E-state index in [1.165, 1.54) is 0 Å². The molecule has 2 aliphatic rings. The van der Waals surface area contributed by atoms with Crippen LogP contribution < -0.4 is 20.3 Å². The molecule has 2 aromatic rings. The topological polar surface area (TPSA) is 83.1 Å². The van der Waals surface area contributed by atoms with Gasteiger partial charge in [-0.05, 0) is 48.9 Å². The highest BCUT2D eigenvalue weighted by Crippen LogP contribution is 2.30. The largest absolute Gasteiger partial charge is 0.497 e. The molecule has 2 N–H and O–H groups in total. The first-order valence-electron chi connectivity index (χ1n) is 11.3. The maximum atomic E-state index is 13.0. The smallest absolute Gasteiger partial charge is 0.338 e. The molecule has 2 aromatic carbocycles. The van der Waals surface area contributed by atoms with Gasteiger partial charge in [0.1, 0.15) is 5.75 Å². The minimum atomic E-state index is -0.637. The van der Waals surface area contributed by atoms with E-state index >= 15 is 0 Å². The molecule has 0 aromatic heterocycles. The number of piperazine rings is 1. The van der Waals surface area contributed by atoms with Crippen LogP contribution in [0.4, 0.5) is 10.5 Å². The summed E-state index contributed by atoms with van der Waals surface area (Å²) in [5, 5.41) is 6.23. The summed E-state index contributed by atoms with van der Waals surface area (Å²) in [7, 11) is 1.66. The van der Waals surface area contributed by atoms with Gasteiger partial charge in [-0.2, -0.15) is 0 Å². The van der Waals surface area contributed by atoms with E-state index in [4.69, 9.17) is 21.1 Å². The number of ether oxygens (including phenoxy) is 2. The number of halogens is 1. The van der Waals surface area contributed by atoms with Gasteiger partial charge >= 0.3 is 12.0 Å². The number of nitrogens with zero attached hydrogens (tertiary/aromatic N) is 2. The molecule has 0 aliphatic carbocycles. The van der Waals surface area contributed by atoms with Gasteiger partial charge in [0.15, 0.2) is 0 Å². The van der Waals surface area contributed by atoms with E-state index in [0.29, 0.717) is 22.8 Å². The zero-order valence-electron chi connectivity index (χ0n) is 19.3. The number of anilines is 1.